The number of ether oxygens (including phenoxy) is 2. The van der Waals surface area contributed by atoms with Crippen LogP contribution in [0.5, 0.6) is 0 Å². The number of alkyl halides is 1. The Morgan fingerprint density at radius 2 is 1.79 bits per heavy atom. The van der Waals surface area contributed by atoms with Crippen LogP contribution in [0, 0.1) is 5.92 Å². The summed E-state index contributed by atoms with van der Waals surface area (Å²) in [7, 11) is 0. The summed E-state index contributed by atoms with van der Waals surface area (Å²) in [5.41, 5.74) is 4.76. The number of rotatable bonds is 4. The van der Waals surface area contributed by atoms with Gasteiger partial charge in [-0.3, -0.25) is 4.39 Å². The van der Waals surface area contributed by atoms with Gasteiger partial charge in [-0.2, -0.15) is 0 Å². The van der Waals surface area contributed by atoms with Gasteiger partial charge >= 0.3 is 0 Å². The zero-order valence-electron chi connectivity index (χ0n) is 16.6. The van der Waals surface area contributed by atoms with Crippen LogP contribution in [-0.2, 0) is 34.7 Å². The molecule has 1 fully saturated rings. The lowest BCUT2D eigenvalue weighted by Gasteiger charge is -2.47. The SMILES string of the molecule is C[C@@H]1[C@@H](O)[C@H](O)[C@@H](C)O[C@]12OCc1cc(Cl)c(Cc3ccc(CCF)cc3)cc12. The summed E-state index contributed by atoms with van der Waals surface area (Å²) in [5, 5.41) is 21.4. The zero-order valence-corrected chi connectivity index (χ0v) is 17.3. The van der Waals surface area contributed by atoms with Crippen LogP contribution >= 0.6 is 11.6 Å². The minimum absolute atomic E-state index is 0.340. The number of benzene rings is 2. The van der Waals surface area contributed by atoms with Crippen molar-refractivity contribution in [3.63, 3.8) is 0 Å². The van der Waals surface area contributed by atoms with Crippen molar-refractivity contribution in [3.8, 4) is 0 Å². The van der Waals surface area contributed by atoms with Crippen molar-refractivity contribution in [2.45, 2.75) is 57.4 Å². The van der Waals surface area contributed by atoms with Crippen LogP contribution in [0.1, 0.15) is 41.7 Å². The second-order valence-corrected chi connectivity index (χ2v) is 8.49. The fraction of sp³-hybridized carbons (Fsp3) is 0.478. The first-order chi connectivity index (χ1) is 13.9. The van der Waals surface area contributed by atoms with Crippen LogP contribution in [0.15, 0.2) is 36.4 Å². The van der Waals surface area contributed by atoms with E-state index in [1.165, 1.54) is 0 Å². The molecule has 0 saturated carbocycles. The molecule has 29 heavy (non-hydrogen) atoms. The fourth-order valence-electron chi connectivity index (χ4n) is 4.38. The number of aryl methyl sites for hydroxylation is 1. The predicted octanol–water partition coefficient (Wildman–Crippen LogP) is 3.90. The Labute approximate surface area is 175 Å². The number of aliphatic hydroxyl groups is 2. The van der Waals surface area contributed by atoms with E-state index in [4.69, 9.17) is 21.1 Å². The Hall–Kier alpha value is -1.50. The number of hydrogen-bond donors (Lipinski definition) is 2. The molecule has 156 valence electrons. The van der Waals surface area contributed by atoms with Crippen molar-refractivity contribution in [2.75, 3.05) is 6.67 Å². The number of halogens is 2. The number of aliphatic hydroxyl groups excluding tert-OH is 2. The van der Waals surface area contributed by atoms with Crippen LogP contribution < -0.4 is 0 Å². The molecule has 4 rings (SSSR count). The molecule has 2 heterocycles. The van der Waals surface area contributed by atoms with Gasteiger partial charge in [-0.05, 0) is 47.7 Å². The molecule has 0 aromatic heterocycles. The molecule has 2 aliphatic heterocycles. The lowest BCUT2D eigenvalue weighted by Crippen LogP contribution is -2.57. The summed E-state index contributed by atoms with van der Waals surface area (Å²) in [6, 6.07) is 11.7. The van der Waals surface area contributed by atoms with Crippen LogP contribution in [0.25, 0.3) is 0 Å². The lowest BCUT2D eigenvalue weighted by atomic mass is 9.81. The molecular formula is C23H26ClFO4. The summed E-state index contributed by atoms with van der Waals surface area (Å²) < 4.78 is 24.7. The average Bonchev–Trinajstić information content (AvgIpc) is 3.05. The first-order valence-corrected chi connectivity index (χ1v) is 10.4. The van der Waals surface area contributed by atoms with E-state index in [1.807, 2.05) is 43.3 Å². The molecule has 4 nitrogen and oxygen atoms in total. The summed E-state index contributed by atoms with van der Waals surface area (Å²) in [5.74, 6) is -1.54. The Bertz CT molecular complexity index is 887. The second kappa shape index (κ2) is 7.97. The lowest BCUT2D eigenvalue weighted by molar-refractivity contribution is -0.346. The topological polar surface area (TPSA) is 58.9 Å². The molecule has 0 aliphatic carbocycles. The van der Waals surface area contributed by atoms with E-state index in [9.17, 15) is 14.6 Å². The summed E-state index contributed by atoms with van der Waals surface area (Å²) in [4.78, 5) is 0. The van der Waals surface area contributed by atoms with Crippen LogP contribution in [-0.4, -0.2) is 35.2 Å². The van der Waals surface area contributed by atoms with E-state index < -0.39 is 30.0 Å². The van der Waals surface area contributed by atoms with Gasteiger partial charge in [0, 0.05) is 22.9 Å². The second-order valence-electron chi connectivity index (χ2n) is 8.08. The van der Waals surface area contributed by atoms with Crippen LogP contribution in [0.2, 0.25) is 5.02 Å². The van der Waals surface area contributed by atoms with E-state index in [2.05, 4.69) is 0 Å². The fourth-order valence-corrected chi connectivity index (χ4v) is 4.63. The van der Waals surface area contributed by atoms with Gasteiger partial charge in [-0.25, -0.2) is 0 Å². The molecule has 1 saturated heterocycles. The highest BCUT2D eigenvalue weighted by atomic mass is 35.5. The molecule has 0 radical (unpaired) electrons. The van der Waals surface area contributed by atoms with Gasteiger partial charge in [0.25, 0.3) is 0 Å². The van der Waals surface area contributed by atoms with Gasteiger partial charge in [-0.1, -0.05) is 42.8 Å². The Balaban J connectivity index is 1.67. The smallest absolute Gasteiger partial charge is 0.201 e. The average molecular weight is 421 g/mol. The first kappa shape index (κ1) is 20.8. The summed E-state index contributed by atoms with van der Waals surface area (Å²) >= 11 is 6.55. The number of fused-ring (bicyclic) bond motifs is 2. The van der Waals surface area contributed by atoms with Crippen LogP contribution in [0.3, 0.4) is 0 Å². The van der Waals surface area contributed by atoms with E-state index in [0.717, 1.165) is 27.8 Å². The molecule has 2 aromatic carbocycles. The molecule has 5 atom stereocenters. The third-order valence-electron chi connectivity index (χ3n) is 6.19. The molecular weight excluding hydrogens is 395 g/mol. The number of hydrogen-bond acceptors (Lipinski definition) is 4. The quantitative estimate of drug-likeness (QED) is 0.787. The standard InChI is InChI=1S/C23H26ClFO4/c1-13-21(26)22(27)14(2)29-23(13)19-10-17(20(24)11-18(19)12-28-23)9-16-5-3-15(4-6-16)7-8-25/h3-6,10-11,13-14,21-22,26-27H,7-9,12H2,1-2H3/t13-,14-,21-,22-,23-/m1/s1. The van der Waals surface area contributed by atoms with Crippen molar-refractivity contribution in [3.05, 3.63) is 69.2 Å². The Morgan fingerprint density at radius 3 is 2.48 bits per heavy atom. The van der Waals surface area contributed by atoms with Gasteiger partial charge in [0.1, 0.15) is 6.10 Å². The third-order valence-corrected chi connectivity index (χ3v) is 6.55. The van der Waals surface area contributed by atoms with E-state index in [-0.39, 0.29) is 6.67 Å². The Kier molecular flexibility index (Phi) is 5.70. The van der Waals surface area contributed by atoms with E-state index >= 15 is 0 Å². The first-order valence-electron chi connectivity index (χ1n) is 9.99. The van der Waals surface area contributed by atoms with Crippen molar-refractivity contribution < 1.29 is 24.1 Å². The van der Waals surface area contributed by atoms with E-state index in [0.29, 0.717) is 24.5 Å². The van der Waals surface area contributed by atoms with Gasteiger partial charge in [-0.15, -0.1) is 0 Å². The van der Waals surface area contributed by atoms with Crippen molar-refractivity contribution >= 4 is 11.6 Å². The predicted molar refractivity (Wildman–Crippen MR) is 109 cm³/mol. The Morgan fingerprint density at radius 1 is 1.10 bits per heavy atom. The molecule has 2 aromatic rings. The molecule has 0 unspecified atom stereocenters. The monoisotopic (exact) mass is 420 g/mol. The molecule has 1 spiro atoms. The molecule has 2 aliphatic rings. The van der Waals surface area contributed by atoms with Crippen molar-refractivity contribution in [2.24, 2.45) is 5.92 Å². The highest BCUT2D eigenvalue weighted by Crippen LogP contribution is 2.49. The van der Waals surface area contributed by atoms with E-state index in [1.54, 1.807) is 6.92 Å². The van der Waals surface area contributed by atoms with Crippen molar-refractivity contribution in [1.82, 2.24) is 0 Å². The zero-order chi connectivity index (χ0) is 20.8. The normalized spacial score (nSPS) is 31.2. The minimum atomic E-state index is -1.10. The maximum atomic E-state index is 12.5. The van der Waals surface area contributed by atoms with Gasteiger partial charge in [0.15, 0.2) is 0 Å². The van der Waals surface area contributed by atoms with Crippen molar-refractivity contribution in [1.29, 1.82) is 0 Å². The molecule has 0 bridgehead atoms. The molecule has 0 amide bonds. The molecule has 2 N–H and O–H groups in total. The third kappa shape index (κ3) is 3.60. The van der Waals surface area contributed by atoms with Crippen LogP contribution in [0.4, 0.5) is 4.39 Å². The highest BCUT2D eigenvalue weighted by Gasteiger charge is 2.55. The summed E-state index contributed by atoms with van der Waals surface area (Å²) in [6.07, 6.45) is -1.44. The van der Waals surface area contributed by atoms with Gasteiger partial charge in [0.05, 0.1) is 25.5 Å². The van der Waals surface area contributed by atoms with Gasteiger partial charge < -0.3 is 19.7 Å². The molecule has 6 heteroatoms. The van der Waals surface area contributed by atoms with Gasteiger partial charge in [0.2, 0.25) is 5.79 Å². The maximum Gasteiger partial charge on any atom is 0.201 e. The maximum absolute atomic E-state index is 12.5. The highest BCUT2D eigenvalue weighted by molar-refractivity contribution is 6.31. The summed E-state index contributed by atoms with van der Waals surface area (Å²) in [6.45, 7) is 3.54. The largest absolute Gasteiger partial charge is 0.390 e. The minimum Gasteiger partial charge on any atom is -0.390 e.